The molecule has 1 saturated heterocycles. The first-order valence-electron chi connectivity index (χ1n) is 22.7. The Labute approximate surface area is 380 Å². The van der Waals surface area contributed by atoms with Gasteiger partial charge < -0.3 is 57.6 Å². The average molecular weight is 927 g/mol. The fraction of sp³-hybridized carbons (Fsp3) is 0.429. The van der Waals surface area contributed by atoms with Crippen LogP contribution in [0.1, 0.15) is 19.3 Å². The number of hydrogen-bond acceptors (Lipinski definition) is 12. The predicted octanol–water partition coefficient (Wildman–Crippen LogP) is 8.40. The van der Waals surface area contributed by atoms with Crippen LogP contribution in [0.5, 0.6) is 0 Å². The number of anilines is 2. The summed E-state index contributed by atoms with van der Waals surface area (Å²) in [5, 5.41) is 56.5. The highest BCUT2D eigenvalue weighted by Crippen LogP contribution is 2.41. The van der Waals surface area contributed by atoms with Crippen LogP contribution in [0.25, 0.3) is 43.1 Å². The molecule has 0 amide bonds. The summed E-state index contributed by atoms with van der Waals surface area (Å²) in [5.74, 6) is 0. The summed E-state index contributed by atoms with van der Waals surface area (Å²) in [6.45, 7) is 8.74. The first-order chi connectivity index (χ1) is 30.9. The number of rotatable bonds is 27. The first-order valence-corrected chi connectivity index (χ1v) is 30.3. The molecule has 7 rings (SSSR count). The lowest BCUT2D eigenvalue weighted by Crippen LogP contribution is -2.72. The van der Waals surface area contributed by atoms with Crippen LogP contribution in [0.4, 0.5) is 11.4 Å². The number of fused-ring (bicyclic) bond motifs is 4. The molecule has 1 aliphatic rings. The van der Waals surface area contributed by atoms with Crippen molar-refractivity contribution in [3.05, 3.63) is 109 Å². The number of nitrogens with one attached hydrogen (secondary N) is 2. The van der Waals surface area contributed by atoms with Crippen molar-refractivity contribution in [1.29, 1.82) is 0 Å². The van der Waals surface area contributed by atoms with Gasteiger partial charge in [-0.05, 0) is 120 Å². The van der Waals surface area contributed by atoms with E-state index < -0.39 is 44.0 Å². The number of aliphatic hydroxyl groups is 4. The van der Waals surface area contributed by atoms with Crippen LogP contribution < -0.4 is 10.6 Å². The molecule has 15 heteroatoms. The number of benzene rings is 6. The van der Waals surface area contributed by atoms with Gasteiger partial charge in [-0.3, -0.25) is 0 Å². The molecule has 0 saturated carbocycles. The molecule has 0 radical (unpaired) electrons. The molecule has 6 N–H and O–H groups in total. The van der Waals surface area contributed by atoms with Crippen LogP contribution in [0.2, 0.25) is 37.8 Å². The minimum Gasteiger partial charge on any atom is -0.417 e. The number of ether oxygens (including phenoxy) is 3. The summed E-state index contributed by atoms with van der Waals surface area (Å²) in [6.07, 6.45) is -0.0670. The van der Waals surface area contributed by atoms with Crippen molar-refractivity contribution in [1.82, 2.24) is 0 Å². The average Bonchev–Trinajstić information content (AvgIpc) is 3.27. The van der Waals surface area contributed by atoms with Gasteiger partial charge >= 0.3 is 17.4 Å². The highest BCUT2D eigenvalue weighted by Gasteiger charge is 2.62. The highest BCUT2D eigenvalue weighted by molar-refractivity contribution is 6.95. The van der Waals surface area contributed by atoms with Crippen molar-refractivity contribution in [3.63, 3.8) is 0 Å². The third-order valence-corrected chi connectivity index (χ3v) is 24.8. The molecule has 344 valence electrons. The third-order valence-electron chi connectivity index (χ3n) is 11.6. The molecule has 64 heavy (non-hydrogen) atoms. The van der Waals surface area contributed by atoms with Crippen LogP contribution >= 0.6 is 0 Å². The summed E-state index contributed by atoms with van der Waals surface area (Å²) in [5.41, 5.74) is 1.97. The smallest absolute Gasteiger partial charge is 0.417 e. The monoisotopic (exact) mass is 926 g/mol. The van der Waals surface area contributed by atoms with Crippen LogP contribution in [0.3, 0.4) is 0 Å². The maximum Gasteiger partial charge on any atom is 0.472 e. The molecule has 1 heterocycles. The second kappa shape index (κ2) is 22.6. The highest BCUT2D eigenvalue weighted by atomic mass is 28.6. The zero-order valence-corrected chi connectivity index (χ0v) is 40.5. The van der Waals surface area contributed by atoms with Crippen LogP contribution in [0, 0.1) is 0 Å². The van der Waals surface area contributed by atoms with Gasteiger partial charge in [-0.1, -0.05) is 72.8 Å². The Hall–Kier alpha value is -3.79. The van der Waals surface area contributed by atoms with Crippen LogP contribution in [0.15, 0.2) is 109 Å². The maximum absolute atomic E-state index is 10.8. The maximum atomic E-state index is 10.8. The van der Waals surface area contributed by atoms with Gasteiger partial charge in [0.25, 0.3) is 0 Å². The summed E-state index contributed by atoms with van der Waals surface area (Å²) < 4.78 is 37.9. The first kappa shape index (κ1) is 48.2. The van der Waals surface area contributed by atoms with Gasteiger partial charge in [-0.2, -0.15) is 0 Å². The van der Waals surface area contributed by atoms with Gasteiger partial charge in [0.2, 0.25) is 0 Å². The van der Waals surface area contributed by atoms with E-state index in [1.54, 1.807) is 0 Å². The number of hydrogen-bond donors (Lipinski definition) is 6. The van der Waals surface area contributed by atoms with Crippen molar-refractivity contribution in [2.75, 3.05) is 70.0 Å². The minimum absolute atomic E-state index is 0.0665. The Balaban J connectivity index is 0.818. The van der Waals surface area contributed by atoms with Gasteiger partial charge in [0.1, 0.15) is 6.10 Å². The fourth-order valence-corrected chi connectivity index (χ4v) is 23.0. The summed E-state index contributed by atoms with van der Waals surface area (Å²) in [6, 6.07) is 40.0. The normalized spacial score (nSPS) is 19.2. The molecule has 0 aromatic heterocycles. The SMILES string of the molecule is C[Si](C)(CCCOCC(O)CNc1cccc2cc3ccccc3cc12)O[Si]1(CCCOCC(O)CO)O[Si](C)(CCCOCC(O)CNc2cccc3cc4ccccc4cc23)O1. The van der Waals surface area contributed by atoms with E-state index in [4.69, 9.17) is 31.7 Å². The predicted molar refractivity (Wildman–Crippen MR) is 264 cm³/mol. The summed E-state index contributed by atoms with van der Waals surface area (Å²) >= 11 is 0. The molecule has 6 aromatic rings. The molecule has 1 aliphatic heterocycles. The molecule has 3 atom stereocenters. The summed E-state index contributed by atoms with van der Waals surface area (Å²) in [4.78, 5) is 0. The van der Waals surface area contributed by atoms with E-state index in [1.807, 2.05) is 48.5 Å². The van der Waals surface area contributed by atoms with Crippen molar-refractivity contribution < 1.29 is 47.0 Å². The molecule has 0 spiro atoms. The molecule has 12 nitrogen and oxygen atoms in total. The quantitative estimate of drug-likeness (QED) is 0.0167. The van der Waals surface area contributed by atoms with Crippen molar-refractivity contribution in [2.45, 2.75) is 75.3 Å². The van der Waals surface area contributed by atoms with E-state index >= 15 is 0 Å². The Bertz CT molecular complexity index is 2420. The van der Waals surface area contributed by atoms with Crippen LogP contribution in [-0.4, -0.2) is 124 Å². The molecule has 1 fully saturated rings. The Morgan fingerprint density at radius 1 is 0.562 bits per heavy atom. The largest absolute Gasteiger partial charge is 0.472 e. The molecular formula is C49H66N2O10Si3. The van der Waals surface area contributed by atoms with Gasteiger partial charge in [0.05, 0.1) is 38.6 Å². The number of aliphatic hydroxyl groups excluding tert-OH is 4. The van der Waals surface area contributed by atoms with Crippen molar-refractivity contribution in [2.24, 2.45) is 0 Å². The Morgan fingerprint density at radius 3 is 1.50 bits per heavy atom. The zero-order valence-electron chi connectivity index (χ0n) is 37.5. The van der Waals surface area contributed by atoms with E-state index in [2.05, 4.69) is 90.9 Å². The van der Waals surface area contributed by atoms with Gasteiger partial charge in [-0.25, -0.2) is 0 Å². The molecular weight excluding hydrogens is 861 g/mol. The zero-order chi connectivity index (χ0) is 45.0. The second-order valence-electron chi connectivity index (χ2n) is 17.8. The summed E-state index contributed by atoms with van der Waals surface area (Å²) in [7, 11) is -7.72. The Kier molecular flexibility index (Phi) is 17.0. The fourth-order valence-electron chi connectivity index (χ4n) is 8.45. The van der Waals surface area contributed by atoms with Crippen molar-refractivity contribution in [3.8, 4) is 0 Å². The molecule has 6 aromatic carbocycles. The van der Waals surface area contributed by atoms with Crippen molar-refractivity contribution >= 4 is 80.1 Å². The molecule has 3 unspecified atom stereocenters. The van der Waals surface area contributed by atoms with Gasteiger partial charge in [-0.15, -0.1) is 0 Å². The topological polar surface area (TPSA) is 160 Å². The minimum atomic E-state index is -2.97. The van der Waals surface area contributed by atoms with Crippen LogP contribution in [-0.2, 0) is 26.6 Å². The third kappa shape index (κ3) is 13.4. The van der Waals surface area contributed by atoms with E-state index in [0.717, 1.165) is 57.8 Å². The van der Waals surface area contributed by atoms with Gasteiger partial charge in [0.15, 0.2) is 8.32 Å². The van der Waals surface area contributed by atoms with E-state index in [9.17, 15) is 15.3 Å². The lowest BCUT2D eigenvalue weighted by molar-refractivity contribution is 0.00548. The van der Waals surface area contributed by atoms with E-state index in [0.29, 0.717) is 45.4 Å². The van der Waals surface area contributed by atoms with Gasteiger partial charge in [0, 0.05) is 61.1 Å². The van der Waals surface area contributed by atoms with E-state index in [-0.39, 0.29) is 26.4 Å². The lowest BCUT2D eigenvalue weighted by Gasteiger charge is -2.53. The lowest BCUT2D eigenvalue weighted by atomic mass is 10.0. The standard InChI is InChI=1S/C49H66N2O10Si3/c1-62(2,24-10-21-56-34-43(53)31-50-48-19-8-17-41-27-37-13-4-6-15-39(37)29-46(41)48)59-64(26-12-23-58-36-45(55)33-52)60-63(3,61-64)25-11-22-57-35-44(54)32-51-49-20-9-18-42-28-38-14-5-7-16-40(38)30-47(42)49/h4-9,13-20,27-30,43-45,50-55H,10-12,21-26,31-36H2,1-3H3. The molecule has 0 bridgehead atoms. The Morgan fingerprint density at radius 2 is 1.00 bits per heavy atom. The van der Waals surface area contributed by atoms with E-state index in [1.165, 1.54) is 21.5 Å². The molecule has 0 aliphatic carbocycles. The second-order valence-corrected chi connectivity index (χ2v) is 28.9.